The molecule has 0 fully saturated rings. The van der Waals surface area contributed by atoms with Gasteiger partial charge in [-0.3, -0.25) is 4.79 Å². The van der Waals surface area contributed by atoms with Crippen molar-refractivity contribution in [1.29, 1.82) is 5.26 Å². The first-order chi connectivity index (χ1) is 13.8. The topological polar surface area (TPSA) is 82.4 Å². The highest BCUT2D eigenvalue weighted by Crippen LogP contribution is 2.40. The zero-order valence-electron chi connectivity index (χ0n) is 17.1. The molecule has 0 atom stereocenters. The molecule has 0 radical (unpaired) electrons. The Kier molecular flexibility index (Phi) is 6.62. The number of amides is 1. The van der Waals surface area contributed by atoms with Crippen LogP contribution in [0.1, 0.15) is 47.8 Å². The summed E-state index contributed by atoms with van der Waals surface area (Å²) in [5.41, 5.74) is 0.185. The SMILES string of the molecule is CSc1cc(C(C)(C)C)c(O)c(C(=O)Nc2ccc(C#N)cc2OC(F)(F)F)c1C. The number of benzene rings is 2. The molecule has 0 saturated carbocycles. The van der Waals surface area contributed by atoms with Crippen LogP contribution in [0.4, 0.5) is 18.9 Å². The summed E-state index contributed by atoms with van der Waals surface area (Å²) in [6.07, 6.45) is -3.19. The van der Waals surface area contributed by atoms with Crippen LogP contribution in [0.25, 0.3) is 0 Å². The highest BCUT2D eigenvalue weighted by Gasteiger charge is 2.33. The Labute approximate surface area is 176 Å². The molecule has 2 rings (SSSR count). The van der Waals surface area contributed by atoms with Gasteiger partial charge in [-0.05, 0) is 42.4 Å². The molecule has 160 valence electrons. The van der Waals surface area contributed by atoms with E-state index in [1.807, 2.05) is 27.0 Å². The van der Waals surface area contributed by atoms with Crippen molar-refractivity contribution >= 4 is 23.4 Å². The maximum Gasteiger partial charge on any atom is 0.573 e. The number of anilines is 1. The number of halogens is 3. The van der Waals surface area contributed by atoms with Gasteiger partial charge in [0.1, 0.15) is 5.75 Å². The van der Waals surface area contributed by atoms with Gasteiger partial charge in [0.05, 0.1) is 22.9 Å². The minimum absolute atomic E-state index is 0.0332. The van der Waals surface area contributed by atoms with E-state index >= 15 is 0 Å². The number of thioether (sulfide) groups is 1. The van der Waals surface area contributed by atoms with Crippen LogP contribution in [-0.2, 0) is 5.41 Å². The molecular weight excluding hydrogens is 417 g/mol. The fourth-order valence-corrected chi connectivity index (χ4v) is 3.54. The van der Waals surface area contributed by atoms with Gasteiger partial charge in [0.2, 0.25) is 0 Å². The molecule has 0 aliphatic rings. The molecule has 0 spiro atoms. The van der Waals surface area contributed by atoms with Crippen molar-refractivity contribution in [2.45, 2.75) is 44.4 Å². The van der Waals surface area contributed by atoms with Gasteiger partial charge in [-0.25, -0.2) is 0 Å². The Hall–Kier alpha value is -2.86. The number of hydrogen-bond donors (Lipinski definition) is 2. The fraction of sp³-hybridized carbons (Fsp3) is 0.333. The summed E-state index contributed by atoms with van der Waals surface area (Å²) in [4.78, 5) is 13.8. The van der Waals surface area contributed by atoms with Crippen molar-refractivity contribution in [3.63, 3.8) is 0 Å². The molecule has 0 bridgehead atoms. The van der Waals surface area contributed by atoms with Crippen molar-refractivity contribution in [2.24, 2.45) is 0 Å². The molecule has 2 aromatic rings. The number of ether oxygens (including phenoxy) is 1. The number of phenolic OH excluding ortho intramolecular Hbond substituents is 1. The molecule has 1 amide bonds. The van der Waals surface area contributed by atoms with Gasteiger partial charge < -0.3 is 15.2 Å². The summed E-state index contributed by atoms with van der Waals surface area (Å²) < 4.78 is 42.3. The van der Waals surface area contributed by atoms with Gasteiger partial charge in [-0.15, -0.1) is 24.9 Å². The normalized spacial score (nSPS) is 11.7. The molecule has 30 heavy (non-hydrogen) atoms. The summed E-state index contributed by atoms with van der Waals surface area (Å²) in [5, 5.41) is 22.1. The minimum atomic E-state index is -5.01. The maximum absolute atomic E-state index is 13.0. The van der Waals surface area contributed by atoms with Crippen LogP contribution in [0.2, 0.25) is 0 Å². The summed E-state index contributed by atoms with van der Waals surface area (Å²) in [6.45, 7) is 7.27. The summed E-state index contributed by atoms with van der Waals surface area (Å²) >= 11 is 1.39. The lowest BCUT2D eigenvalue weighted by Gasteiger charge is -2.24. The number of alkyl halides is 3. The van der Waals surface area contributed by atoms with Gasteiger partial charge >= 0.3 is 6.36 Å². The highest BCUT2D eigenvalue weighted by molar-refractivity contribution is 7.98. The van der Waals surface area contributed by atoms with Crippen molar-refractivity contribution in [3.8, 4) is 17.6 Å². The van der Waals surface area contributed by atoms with Crippen LogP contribution in [0, 0.1) is 18.3 Å². The zero-order chi connectivity index (χ0) is 22.9. The van der Waals surface area contributed by atoms with E-state index in [1.54, 1.807) is 19.1 Å². The summed E-state index contributed by atoms with van der Waals surface area (Å²) in [6, 6.07) is 6.80. The molecule has 0 aliphatic heterocycles. The number of phenols is 1. The second-order valence-corrected chi connectivity index (χ2v) is 8.40. The third-order valence-electron chi connectivity index (χ3n) is 4.35. The molecule has 5 nitrogen and oxygen atoms in total. The van der Waals surface area contributed by atoms with Crippen LogP contribution < -0.4 is 10.1 Å². The highest BCUT2D eigenvalue weighted by atomic mass is 32.2. The lowest BCUT2D eigenvalue weighted by molar-refractivity contribution is -0.274. The second kappa shape index (κ2) is 8.48. The molecule has 2 aromatic carbocycles. The van der Waals surface area contributed by atoms with E-state index in [-0.39, 0.29) is 22.6 Å². The second-order valence-electron chi connectivity index (χ2n) is 7.55. The zero-order valence-corrected chi connectivity index (χ0v) is 17.9. The number of nitrogens with zero attached hydrogens (tertiary/aromatic N) is 1. The van der Waals surface area contributed by atoms with Gasteiger partial charge in [-0.2, -0.15) is 5.26 Å². The van der Waals surface area contributed by atoms with Crippen molar-refractivity contribution in [3.05, 3.63) is 46.5 Å². The standard InChI is InChI=1S/C21H21F3N2O3S/c1-11-16(30-5)9-13(20(2,3)4)18(27)17(11)19(28)26-14-7-6-12(10-25)8-15(14)29-21(22,23)24/h6-9,27H,1-5H3,(H,26,28). The number of rotatable bonds is 4. The predicted octanol–water partition coefficient (Wildman–Crippen LogP) is 5.74. The van der Waals surface area contributed by atoms with Crippen LogP contribution in [0.15, 0.2) is 29.2 Å². The van der Waals surface area contributed by atoms with Gasteiger partial charge in [0.25, 0.3) is 5.91 Å². The Balaban J connectivity index is 2.57. The smallest absolute Gasteiger partial charge is 0.507 e. The van der Waals surface area contributed by atoms with Crippen molar-refractivity contribution in [2.75, 3.05) is 11.6 Å². The number of carbonyl (C=O) groups is 1. The van der Waals surface area contributed by atoms with E-state index in [1.165, 1.54) is 17.8 Å². The Morgan fingerprint density at radius 1 is 1.23 bits per heavy atom. The molecule has 9 heteroatoms. The van der Waals surface area contributed by atoms with Crippen LogP contribution >= 0.6 is 11.8 Å². The molecule has 0 saturated heterocycles. The fourth-order valence-electron chi connectivity index (χ4n) is 2.89. The van der Waals surface area contributed by atoms with E-state index in [4.69, 9.17) is 5.26 Å². The lowest BCUT2D eigenvalue weighted by Crippen LogP contribution is -2.21. The predicted molar refractivity (Wildman–Crippen MR) is 109 cm³/mol. The number of hydrogen-bond acceptors (Lipinski definition) is 5. The van der Waals surface area contributed by atoms with Crippen molar-refractivity contribution < 1.29 is 27.8 Å². The van der Waals surface area contributed by atoms with E-state index < -0.39 is 23.4 Å². The van der Waals surface area contributed by atoms with Crippen LogP contribution in [0.3, 0.4) is 0 Å². The molecular formula is C21H21F3N2O3S. The Morgan fingerprint density at radius 3 is 2.37 bits per heavy atom. The van der Waals surface area contributed by atoms with E-state index in [0.29, 0.717) is 11.1 Å². The maximum atomic E-state index is 13.0. The first-order valence-electron chi connectivity index (χ1n) is 8.80. The number of carbonyl (C=O) groups excluding carboxylic acids is 1. The van der Waals surface area contributed by atoms with Crippen LogP contribution in [0.5, 0.6) is 11.5 Å². The number of aromatic hydroxyl groups is 1. The summed E-state index contributed by atoms with van der Waals surface area (Å²) in [5.74, 6) is -1.74. The van der Waals surface area contributed by atoms with Gasteiger partial charge in [0.15, 0.2) is 5.75 Å². The quantitative estimate of drug-likeness (QED) is 0.595. The van der Waals surface area contributed by atoms with Gasteiger partial charge in [-0.1, -0.05) is 20.8 Å². The molecule has 0 aromatic heterocycles. The molecule has 2 N–H and O–H groups in total. The largest absolute Gasteiger partial charge is 0.573 e. The third kappa shape index (κ3) is 5.19. The monoisotopic (exact) mass is 438 g/mol. The number of nitriles is 1. The molecule has 0 heterocycles. The minimum Gasteiger partial charge on any atom is -0.507 e. The van der Waals surface area contributed by atoms with E-state index in [0.717, 1.165) is 17.0 Å². The Bertz CT molecular complexity index is 1020. The first kappa shape index (κ1) is 23.4. The first-order valence-corrected chi connectivity index (χ1v) is 10.0. The Morgan fingerprint density at radius 2 is 1.87 bits per heavy atom. The number of nitrogens with one attached hydrogen (secondary N) is 1. The van der Waals surface area contributed by atoms with E-state index in [9.17, 15) is 23.1 Å². The average molecular weight is 438 g/mol. The van der Waals surface area contributed by atoms with E-state index in [2.05, 4.69) is 10.1 Å². The lowest BCUT2D eigenvalue weighted by atomic mass is 9.84. The van der Waals surface area contributed by atoms with Gasteiger partial charge in [0, 0.05) is 16.5 Å². The van der Waals surface area contributed by atoms with Crippen molar-refractivity contribution in [1.82, 2.24) is 0 Å². The third-order valence-corrected chi connectivity index (χ3v) is 5.22. The molecule has 0 aliphatic carbocycles. The van der Waals surface area contributed by atoms with Crippen LogP contribution in [-0.4, -0.2) is 23.6 Å². The molecule has 0 unspecified atom stereocenters. The average Bonchev–Trinajstić information content (AvgIpc) is 2.61. The summed E-state index contributed by atoms with van der Waals surface area (Å²) in [7, 11) is 0.